The Morgan fingerprint density at radius 3 is 2.28 bits per heavy atom. The number of aryl methyl sites for hydroxylation is 1. The van der Waals surface area contributed by atoms with Gasteiger partial charge in [-0.2, -0.15) is 0 Å². The van der Waals surface area contributed by atoms with Crippen LogP contribution in [0.4, 0.5) is 4.39 Å². The quantitative estimate of drug-likeness (QED) is 0.512. The van der Waals surface area contributed by atoms with Gasteiger partial charge in [0, 0.05) is 24.8 Å². The topological polar surface area (TPSA) is 37.6 Å². The number of nitrogens with zero attached hydrogens (tertiary/aromatic N) is 3. The molecule has 0 aliphatic carbocycles. The van der Waals surface area contributed by atoms with E-state index in [4.69, 9.17) is 16.6 Å². The van der Waals surface area contributed by atoms with Crippen LogP contribution in [0.15, 0.2) is 42.6 Å². The number of halogens is 2. The summed E-state index contributed by atoms with van der Waals surface area (Å²) in [6.07, 6.45) is 2.78. The highest BCUT2D eigenvalue weighted by atomic mass is 35.5. The molecule has 1 amide bonds. The highest BCUT2D eigenvalue weighted by molar-refractivity contribution is 6.30. The summed E-state index contributed by atoms with van der Waals surface area (Å²) in [5, 5.41) is 0.622. The molecule has 3 aromatic rings. The van der Waals surface area contributed by atoms with E-state index in [-0.39, 0.29) is 12.6 Å². The molecule has 0 N–H and O–H groups in total. The van der Waals surface area contributed by atoms with Crippen molar-refractivity contribution in [3.8, 4) is 11.3 Å². The number of imidazole rings is 1. The summed E-state index contributed by atoms with van der Waals surface area (Å²) >= 11 is 6.18. The lowest BCUT2D eigenvalue weighted by molar-refractivity contribution is -0.130. The third-order valence-corrected chi connectivity index (χ3v) is 4.85. The molecule has 3 rings (SSSR count). The SMILES string of the molecule is CCCF.CCN(CC)C(=O)Cc1c(-c2ccc(C)cc2)nc2ccc(Cl)cn12. The summed E-state index contributed by atoms with van der Waals surface area (Å²) in [6, 6.07) is 11.9. The molecule has 6 heteroatoms. The summed E-state index contributed by atoms with van der Waals surface area (Å²) in [4.78, 5) is 19.3. The van der Waals surface area contributed by atoms with Crippen molar-refractivity contribution in [1.82, 2.24) is 14.3 Å². The number of likely N-dealkylation sites (N-methyl/N-ethyl adjacent to an activating group) is 1. The highest BCUT2D eigenvalue weighted by Crippen LogP contribution is 2.27. The Hall–Kier alpha value is -2.40. The highest BCUT2D eigenvalue weighted by Gasteiger charge is 2.19. The average molecular weight is 418 g/mol. The maximum Gasteiger partial charge on any atom is 0.228 e. The molecule has 0 fully saturated rings. The van der Waals surface area contributed by atoms with Crippen molar-refractivity contribution in [3.05, 3.63) is 58.9 Å². The zero-order chi connectivity index (χ0) is 21.4. The van der Waals surface area contributed by atoms with Crippen LogP contribution in [-0.4, -0.2) is 40.0 Å². The van der Waals surface area contributed by atoms with E-state index in [0.29, 0.717) is 31.0 Å². The Labute approximate surface area is 177 Å². The maximum atomic E-state index is 12.7. The summed E-state index contributed by atoms with van der Waals surface area (Å²) in [5.74, 6) is 0.0973. The van der Waals surface area contributed by atoms with Crippen LogP contribution in [-0.2, 0) is 11.2 Å². The van der Waals surface area contributed by atoms with Gasteiger partial charge in [-0.1, -0.05) is 48.4 Å². The van der Waals surface area contributed by atoms with Gasteiger partial charge in [0.2, 0.25) is 5.91 Å². The van der Waals surface area contributed by atoms with Crippen LogP contribution in [0.1, 0.15) is 38.4 Å². The van der Waals surface area contributed by atoms with E-state index in [1.54, 1.807) is 6.92 Å². The number of fused-ring (bicyclic) bond motifs is 1. The molecular formula is C23H29ClFN3O. The molecule has 0 radical (unpaired) electrons. The predicted molar refractivity (Wildman–Crippen MR) is 118 cm³/mol. The molecule has 0 unspecified atom stereocenters. The van der Waals surface area contributed by atoms with E-state index in [0.717, 1.165) is 22.6 Å². The monoisotopic (exact) mass is 417 g/mol. The second-order valence-corrected chi connectivity index (χ2v) is 7.22. The van der Waals surface area contributed by atoms with Crippen LogP contribution in [0.3, 0.4) is 0 Å². The summed E-state index contributed by atoms with van der Waals surface area (Å²) < 4.78 is 12.7. The van der Waals surface area contributed by atoms with Crippen molar-refractivity contribution in [2.45, 2.75) is 40.5 Å². The Kier molecular flexibility index (Phi) is 8.65. The lowest BCUT2D eigenvalue weighted by atomic mass is 10.1. The maximum absolute atomic E-state index is 12.7. The number of amides is 1. The molecular weight excluding hydrogens is 389 g/mol. The van der Waals surface area contributed by atoms with Crippen molar-refractivity contribution < 1.29 is 9.18 Å². The fourth-order valence-corrected chi connectivity index (χ4v) is 3.17. The minimum absolute atomic E-state index is 0.0973. The standard InChI is InChI=1S/C20H22ClN3O.C3H7F/c1-4-23(5-2)19(25)12-17-20(15-8-6-14(3)7-9-15)22-18-11-10-16(21)13-24(17)18;1-2-3-4/h6-11,13H,4-5,12H2,1-3H3;2-3H2,1H3. The van der Waals surface area contributed by atoms with Gasteiger partial charge in [-0.3, -0.25) is 9.18 Å². The number of hydrogen-bond acceptors (Lipinski definition) is 2. The van der Waals surface area contributed by atoms with Crippen LogP contribution in [0.25, 0.3) is 16.9 Å². The van der Waals surface area contributed by atoms with Crippen LogP contribution in [0.2, 0.25) is 5.02 Å². The van der Waals surface area contributed by atoms with Crippen molar-refractivity contribution in [3.63, 3.8) is 0 Å². The van der Waals surface area contributed by atoms with Gasteiger partial charge in [0.05, 0.1) is 29.5 Å². The number of aromatic nitrogens is 2. The zero-order valence-corrected chi connectivity index (χ0v) is 18.3. The molecule has 0 aliphatic rings. The Balaban J connectivity index is 0.000000687. The molecule has 0 saturated carbocycles. The van der Waals surface area contributed by atoms with E-state index in [1.165, 1.54) is 5.56 Å². The van der Waals surface area contributed by atoms with E-state index >= 15 is 0 Å². The Morgan fingerprint density at radius 2 is 1.72 bits per heavy atom. The van der Waals surface area contributed by atoms with Gasteiger partial charge in [-0.05, 0) is 39.3 Å². The summed E-state index contributed by atoms with van der Waals surface area (Å²) in [7, 11) is 0. The molecule has 0 bridgehead atoms. The van der Waals surface area contributed by atoms with Gasteiger partial charge in [0.15, 0.2) is 0 Å². The number of carbonyl (C=O) groups excluding carboxylic acids is 1. The molecule has 1 aromatic carbocycles. The van der Waals surface area contributed by atoms with Crippen LogP contribution < -0.4 is 0 Å². The minimum atomic E-state index is -0.181. The minimum Gasteiger partial charge on any atom is -0.343 e. The van der Waals surface area contributed by atoms with Crippen molar-refractivity contribution in [1.29, 1.82) is 0 Å². The number of hydrogen-bond donors (Lipinski definition) is 0. The normalized spacial score (nSPS) is 10.6. The van der Waals surface area contributed by atoms with Gasteiger partial charge in [-0.25, -0.2) is 4.98 Å². The second kappa shape index (κ2) is 11.0. The molecule has 4 nitrogen and oxygen atoms in total. The molecule has 156 valence electrons. The lowest BCUT2D eigenvalue weighted by Gasteiger charge is -2.18. The van der Waals surface area contributed by atoms with Gasteiger partial charge in [0.1, 0.15) is 5.65 Å². The molecule has 2 aromatic heterocycles. The van der Waals surface area contributed by atoms with E-state index < -0.39 is 0 Å². The summed E-state index contributed by atoms with van der Waals surface area (Å²) in [6.45, 7) is 9.07. The molecule has 0 spiro atoms. The number of pyridine rings is 1. The van der Waals surface area contributed by atoms with Gasteiger partial charge in [0.25, 0.3) is 0 Å². The second-order valence-electron chi connectivity index (χ2n) is 6.78. The van der Waals surface area contributed by atoms with Crippen LogP contribution in [0.5, 0.6) is 0 Å². The van der Waals surface area contributed by atoms with Crippen molar-refractivity contribution in [2.75, 3.05) is 19.8 Å². The van der Waals surface area contributed by atoms with E-state index in [9.17, 15) is 9.18 Å². The number of carbonyl (C=O) groups is 1. The first-order valence-electron chi connectivity index (χ1n) is 10.0. The Morgan fingerprint density at radius 1 is 1.10 bits per heavy atom. The zero-order valence-electron chi connectivity index (χ0n) is 17.6. The van der Waals surface area contributed by atoms with E-state index in [1.807, 2.05) is 53.6 Å². The smallest absolute Gasteiger partial charge is 0.228 e. The van der Waals surface area contributed by atoms with Crippen molar-refractivity contribution >= 4 is 23.2 Å². The fourth-order valence-electron chi connectivity index (χ4n) is 3.01. The van der Waals surface area contributed by atoms with Gasteiger partial charge in [-0.15, -0.1) is 0 Å². The Bertz CT molecular complexity index is 931. The number of rotatable bonds is 6. The van der Waals surface area contributed by atoms with E-state index in [2.05, 4.69) is 19.1 Å². The first kappa shape index (κ1) is 22.9. The molecule has 2 heterocycles. The first-order chi connectivity index (χ1) is 13.9. The number of alkyl halides is 1. The molecule has 29 heavy (non-hydrogen) atoms. The molecule has 0 saturated heterocycles. The predicted octanol–water partition coefficient (Wildman–Crippen LogP) is 5.74. The van der Waals surface area contributed by atoms with Crippen LogP contribution in [0, 0.1) is 6.92 Å². The number of benzene rings is 1. The average Bonchev–Trinajstić information content (AvgIpc) is 3.07. The largest absolute Gasteiger partial charge is 0.343 e. The summed E-state index contributed by atoms with van der Waals surface area (Å²) in [5.41, 5.74) is 4.70. The first-order valence-corrected chi connectivity index (χ1v) is 10.4. The third-order valence-electron chi connectivity index (χ3n) is 4.63. The van der Waals surface area contributed by atoms with Crippen molar-refractivity contribution in [2.24, 2.45) is 0 Å². The van der Waals surface area contributed by atoms with Crippen LogP contribution >= 0.6 is 11.6 Å². The fraction of sp³-hybridized carbons (Fsp3) is 0.391. The molecule has 0 aliphatic heterocycles. The van der Waals surface area contributed by atoms with Gasteiger partial charge >= 0.3 is 0 Å². The molecule has 0 atom stereocenters. The lowest BCUT2D eigenvalue weighted by Crippen LogP contribution is -2.32. The van der Waals surface area contributed by atoms with Gasteiger partial charge < -0.3 is 9.30 Å². The third kappa shape index (κ3) is 5.80.